The molecule has 1 saturated heterocycles. The zero-order valence-corrected chi connectivity index (χ0v) is 15.8. The summed E-state index contributed by atoms with van der Waals surface area (Å²) in [6.45, 7) is 2.78. The Hall–Kier alpha value is -1.41. The molecule has 0 radical (unpaired) electrons. The molecule has 0 aromatic rings. The molecule has 2 rings (SSSR count). The fourth-order valence-electron chi connectivity index (χ4n) is 3.30. The molecule has 0 aromatic heterocycles. The molecule has 2 aliphatic rings. The van der Waals surface area contributed by atoms with Gasteiger partial charge < -0.3 is 9.80 Å². The van der Waals surface area contributed by atoms with Crippen LogP contribution in [0.2, 0.25) is 0 Å². The van der Waals surface area contributed by atoms with Crippen LogP contribution in [0, 0.1) is 0 Å². The summed E-state index contributed by atoms with van der Waals surface area (Å²) in [7, 11) is -3.32. The van der Waals surface area contributed by atoms with Crippen LogP contribution in [0.4, 0.5) is 0 Å². The van der Waals surface area contributed by atoms with E-state index in [2.05, 4.69) is 6.08 Å². The Bertz CT molecular complexity index is 595. The molecule has 142 valence electrons. The second-order valence-electron chi connectivity index (χ2n) is 6.79. The van der Waals surface area contributed by atoms with Gasteiger partial charge >= 0.3 is 0 Å². The first kappa shape index (κ1) is 19.9. The Morgan fingerprint density at radius 3 is 2.48 bits per heavy atom. The van der Waals surface area contributed by atoms with Crippen LogP contribution in [-0.2, 0) is 19.6 Å². The van der Waals surface area contributed by atoms with Crippen molar-refractivity contribution in [3.05, 3.63) is 11.6 Å². The first-order valence-electron chi connectivity index (χ1n) is 9.00. The summed E-state index contributed by atoms with van der Waals surface area (Å²) in [6.07, 6.45) is 9.69. The number of allylic oxidation sites excluding steroid dienone is 1. The van der Waals surface area contributed by atoms with E-state index < -0.39 is 10.0 Å². The van der Waals surface area contributed by atoms with Gasteiger partial charge in [-0.15, -0.1) is 0 Å². The second-order valence-corrected chi connectivity index (χ2v) is 8.77. The third-order valence-electron chi connectivity index (χ3n) is 4.93. The van der Waals surface area contributed by atoms with Crippen molar-refractivity contribution in [2.45, 2.75) is 38.5 Å². The highest BCUT2D eigenvalue weighted by Gasteiger charge is 2.23. The maximum absolute atomic E-state index is 12.3. The van der Waals surface area contributed by atoms with Gasteiger partial charge in [0, 0.05) is 45.7 Å². The lowest BCUT2D eigenvalue weighted by Gasteiger charge is -2.33. The van der Waals surface area contributed by atoms with Gasteiger partial charge in [-0.1, -0.05) is 11.6 Å². The fourth-order valence-corrected chi connectivity index (χ4v) is 4.14. The minimum atomic E-state index is -3.32. The first-order chi connectivity index (χ1) is 11.9. The molecule has 0 atom stereocenters. The molecule has 7 nitrogen and oxygen atoms in total. The summed E-state index contributed by atoms with van der Waals surface area (Å²) in [5, 5.41) is 0. The van der Waals surface area contributed by atoms with Gasteiger partial charge in [-0.2, -0.15) is 0 Å². The van der Waals surface area contributed by atoms with E-state index in [-0.39, 0.29) is 18.9 Å². The van der Waals surface area contributed by atoms with Crippen molar-refractivity contribution in [2.24, 2.45) is 0 Å². The molecular formula is C17H29N3O4S. The number of nitrogens with zero attached hydrogens (tertiary/aromatic N) is 3. The maximum atomic E-state index is 12.3. The normalized spacial score (nSPS) is 19.0. The van der Waals surface area contributed by atoms with E-state index in [0.29, 0.717) is 32.7 Å². The molecule has 1 fully saturated rings. The Morgan fingerprint density at radius 2 is 1.92 bits per heavy atom. The molecule has 0 spiro atoms. The second kappa shape index (κ2) is 9.33. The molecule has 1 heterocycles. The van der Waals surface area contributed by atoms with Crippen molar-refractivity contribution in [1.82, 2.24) is 14.1 Å². The predicted octanol–water partition coefficient (Wildman–Crippen LogP) is 0.829. The van der Waals surface area contributed by atoms with Crippen molar-refractivity contribution in [2.75, 3.05) is 45.5 Å². The van der Waals surface area contributed by atoms with Gasteiger partial charge in [-0.3, -0.25) is 9.59 Å². The number of hydrogen-bond donors (Lipinski definition) is 0. The minimum Gasteiger partial charge on any atom is -0.342 e. The van der Waals surface area contributed by atoms with Crippen LogP contribution in [0.25, 0.3) is 0 Å². The first-order valence-corrected chi connectivity index (χ1v) is 10.8. The average Bonchev–Trinajstić information content (AvgIpc) is 2.61. The van der Waals surface area contributed by atoms with Crippen LogP contribution in [0.3, 0.4) is 0 Å². The molecule has 1 aliphatic heterocycles. The Balaban J connectivity index is 1.82. The molecule has 0 saturated carbocycles. The molecule has 25 heavy (non-hydrogen) atoms. The van der Waals surface area contributed by atoms with Gasteiger partial charge in [0.05, 0.1) is 6.26 Å². The zero-order chi connectivity index (χ0) is 18.3. The van der Waals surface area contributed by atoms with Crippen LogP contribution in [0.1, 0.15) is 38.5 Å². The van der Waals surface area contributed by atoms with E-state index in [9.17, 15) is 18.0 Å². The maximum Gasteiger partial charge on any atom is 0.224 e. The van der Waals surface area contributed by atoms with Gasteiger partial charge in [0.2, 0.25) is 22.3 Å². The number of hydrogen-bond acceptors (Lipinski definition) is 4. The zero-order valence-electron chi connectivity index (χ0n) is 15.0. The third-order valence-corrected chi connectivity index (χ3v) is 6.23. The van der Waals surface area contributed by atoms with Crippen molar-refractivity contribution in [3.63, 3.8) is 0 Å². The Kier molecular flexibility index (Phi) is 7.43. The highest BCUT2D eigenvalue weighted by molar-refractivity contribution is 7.88. The lowest BCUT2D eigenvalue weighted by Crippen LogP contribution is -2.48. The smallest absolute Gasteiger partial charge is 0.224 e. The van der Waals surface area contributed by atoms with Crippen LogP contribution >= 0.6 is 0 Å². The van der Waals surface area contributed by atoms with Gasteiger partial charge in [-0.05, 0) is 32.1 Å². The Morgan fingerprint density at radius 1 is 1.20 bits per heavy atom. The van der Waals surface area contributed by atoms with E-state index >= 15 is 0 Å². The summed E-state index contributed by atoms with van der Waals surface area (Å²) >= 11 is 0. The fraction of sp³-hybridized carbons (Fsp3) is 0.765. The minimum absolute atomic E-state index is 0.0453. The van der Waals surface area contributed by atoms with E-state index in [1.807, 2.05) is 0 Å². The topological polar surface area (TPSA) is 78.0 Å². The van der Waals surface area contributed by atoms with Gasteiger partial charge in [0.15, 0.2) is 0 Å². The highest BCUT2D eigenvalue weighted by Crippen LogP contribution is 2.20. The molecule has 0 unspecified atom stereocenters. The number of carbonyl (C=O) groups is 2. The van der Waals surface area contributed by atoms with E-state index in [1.165, 1.54) is 29.0 Å². The van der Waals surface area contributed by atoms with Gasteiger partial charge in [0.1, 0.15) is 0 Å². The SMILES string of the molecule is CS(=O)(=O)N(CCC(=O)N1CCN(C=O)CC1)CCC1=CCCCC1. The number of carbonyl (C=O) groups excluding carboxylic acids is 2. The molecule has 8 heteroatoms. The number of piperazine rings is 1. The standard InChI is InChI=1S/C17H29N3O4S/c1-25(23,24)20(9-7-16-5-3-2-4-6-16)10-8-17(22)19-13-11-18(15-21)12-14-19/h5,15H,2-4,6-14H2,1H3. The molecular weight excluding hydrogens is 342 g/mol. The average molecular weight is 372 g/mol. The van der Waals surface area contributed by atoms with E-state index in [1.54, 1.807) is 9.80 Å². The number of amides is 2. The number of sulfonamides is 1. The summed E-state index contributed by atoms with van der Waals surface area (Å²) < 4.78 is 25.4. The van der Waals surface area contributed by atoms with Crippen molar-refractivity contribution in [3.8, 4) is 0 Å². The van der Waals surface area contributed by atoms with Crippen molar-refractivity contribution < 1.29 is 18.0 Å². The van der Waals surface area contributed by atoms with Crippen LogP contribution in [0.5, 0.6) is 0 Å². The van der Waals surface area contributed by atoms with Crippen LogP contribution in [-0.4, -0.2) is 80.4 Å². The van der Waals surface area contributed by atoms with Crippen LogP contribution in [0.15, 0.2) is 11.6 Å². The monoisotopic (exact) mass is 371 g/mol. The summed E-state index contributed by atoms with van der Waals surface area (Å²) in [4.78, 5) is 26.4. The quantitative estimate of drug-likeness (QED) is 0.468. The largest absolute Gasteiger partial charge is 0.342 e. The lowest BCUT2D eigenvalue weighted by atomic mass is 9.97. The molecule has 2 amide bonds. The van der Waals surface area contributed by atoms with Gasteiger partial charge in [-0.25, -0.2) is 12.7 Å². The van der Waals surface area contributed by atoms with E-state index in [4.69, 9.17) is 0 Å². The molecule has 0 bridgehead atoms. The molecule has 0 aromatic carbocycles. The summed E-state index contributed by atoms with van der Waals surface area (Å²) in [5.74, 6) is -0.0453. The van der Waals surface area contributed by atoms with Crippen molar-refractivity contribution >= 4 is 22.3 Å². The van der Waals surface area contributed by atoms with E-state index in [0.717, 1.165) is 25.7 Å². The summed E-state index contributed by atoms with van der Waals surface area (Å²) in [6, 6.07) is 0. The van der Waals surface area contributed by atoms with Crippen LogP contribution < -0.4 is 0 Å². The van der Waals surface area contributed by atoms with Gasteiger partial charge in [0.25, 0.3) is 0 Å². The third kappa shape index (κ3) is 6.43. The Labute approximate surface area is 150 Å². The van der Waals surface area contributed by atoms with Crippen molar-refractivity contribution in [1.29, 1.82) is 0 Å². The predicted molar refractivity (Wildman–Crippen MR) is 96.4 cm³/mol. The molecule has 0 N–H and O–H groups in total. The molecule has 1 aliphatic carbocycles. The lowest BCUT2D eigenvalue weighted by molar-refractivity contribution is -0.135. The summed E-state index contributed by atoms with van der Waals surface area (Å²) in [5.41, 5.74) is 1.33. The number of rotatable bonds is 8. The highest BCUT2D eigenvalue weighted by atomic mass is 32.2.